The van der Waals surface area contributed by atoms with Crippen molar-refractivity contribution in [2.45, 2.75) is 39.0 Å². The van der Waals surface area contributed by atoms with Crippen LogP contribution < -0.4 is 0 Å². The predicted octanol–water partition coefficient (Wildman–Crippen LogP) is 3.95. The Morgan fingerprint density at radius 3 is 2.77 bits per heavy atom. The van der Waals surface area contributed by atoms with Gasteiger partial charge in [0, 0.05) is 0 Å². The van der Waals surface area contributed by atoms with Crippen molar-refractivity contribution in [3.63, 3.8) is 0 Å². The lowest BCUT2D eigenvalue weighted by Crippen LogP contribution is -2.22. The summed E-state index contributed by atoms with van der Waals surface area (Å²) >= 11 is 0. The average molecular weight is 176 g/mol. The van der Waals surface area contributed by atoms with Crippen LogP contribution in [-0.2, 0) is 0 Å². The van der Waals surface area contributed by atoms with E-state index in [1.54, 1.807) is 0 Å². The molecule has 0 heterocycles. The standard InChI is InChI=1S/C13H20/c1-11-7-3-2-4-8-12-9-5-6-10-13(11)12/h3,6-7,10-13H,2,4-5,8-9H2,1H3. The van der Waals surface area contributed by atoms with Gasteiger partial charge in [-0.2, -0.15) is 0 Å². The molecule has 0 heteroatoms. The predicted molar refractivity (Wildman–Crippen MR) is 57.5 cm³/mol. The summed E-state index contributed by atoms with van der Waals surface area (Å²) in [6.07, 6.45) is 16.5. The highest BCUT2D eigenvalue weighted by Crippen LogP contribution is 2.36. The molecule has 0 aliphatic heterocycles. The zero-order chi connectivity index (χ0) is 9.10. The summed E-state index contributed by atoms with van der Waals surface area (Å²) in [5, 5.41) is 0. The Kier molecular flexibility index (Phi) is 2.87. The van der Waals surface area contributed by atoms with Crippen LogP contribution in [0, 0.1) is 17.8 Å². The smallest absolute Gasteiger partial charge is 0.0145 e. The van der Waals surface area contributed by atoms with Gasteiger partial charge in [0.1, 0.15) is 0 Å². The molecular formula is C13H20. The van der Waals surface area contributed by atoms with Crippen molar-refractivity contribution in [3.8, 4) is 0 Å². The van der Waals surface area contributed by atoms with E-state index in [-0.39, 0.29) is 0 Å². The summed E-state index contributed by atoms with van der Waals surface area (Å²) in [6.45, 7) is 2.37. The second-order valence-corrected chi connectivity index (χ2v) is 4.56. The van der Waals surface area contributed by atoms with Crippen molar-refractivity contribution in [2.75, 3.05) is 0 Å². The monoisotopic (exact) mass is 176 g/mol. The first-order valence-corrected chi connectivity index (χ1v) is 5.71. The number of allylic oxidation sites excluding steroid dienone is 4. The van der Waals surface area contributed by atoms with E-state index in [1.165, 1.54) is 32.1 Å². The average Bonchev–Trinajstić information content (AvgIpc) is 2.14. The highest BCUT2D eigenvalue weighted by atomic mass is 14.3. The van der Waals surface area contributed by atoms with Gasteiger partial charge in [-0.15, -0.1) is 0 Å². The fourth-order valence-electron chi connectivity index (χ4n) is 2.79. The second-order valence-electron chi connectivity index (χ2n) is 4.56. The third-order valence-electron chi connectivity index (χ3n) is 3.60. The quantitative estimate of drug-likeness (QED) is 0.490. The van der Waals surface area contributed by atoms with E-state index in [0.717, 1.165) is 17.8 Å². The summed E-state index contributed by atoms with van der Waals surface area (Å²) in [5.74, 6) is 2.58. The summed E-state index contributed by atoms with van der Waals surface area (Å²) in [4.78, 5) is 0. The van der Waals surface area contributed by atoms with Crippen molar-refractivity contribution in [1.82, 2.24) is 0 Å². The first kappa shape index (κ1) is 9.05. The molecule has 3 unspecified atom stereocenters. The second kappa shape index (κ2) is 4.13. The van der Waals surface area contributed by atoms with Crippen LogP contribution in [0.4, 0.5) is 0 Å². The molecule has 2 rings (SSSR count). The van der Waals surface area contributed by atoms with Crippen LogP contribution in [0.1, 0.15) is 39.0 Å². The normalized spacial score (nSPS) is 39.3. The summed E-state index contributed by atoms with van der Waals surface area (Å²) in [5.41, 5.74) is 0. The largest absolute Gasteiger partial charge is 0.0882 e. The minimum absolute atomic E-state index is 0.766. The van der Waals surface area contributed by atoms with E-state index in [0.29, 0.717) is 0 Å². The molecule has 0 aromatic rings. The van der Waals surface area contributed by atoms with Crippen molar-refractivity contribution >= 4 is 0 Å². The van der Waals surface area contributed by atoms with Crippen molar-refractivity contribution in [1.29, 1.82) is 0 Å². The molecule has 0 saturated carbocycles. The van der Waals surface area contributed by atoms with Gasteiger partial charge in [-0.25, -0.2) is 0 Å². The molecule has 0 saturated heterocycles. The molecule has 0 fully saturated rings. The van der Waals surface area contributed by atoms with Gasteiger partial charge in [0.25, 0.3) is 0 Å². The van der Waals surface area contributed by atoms with Gasteiger partial charge in [-0.1, -0.05) is 31.2 Å². The molecule has 2 aliphatic carbocycles. The van der Waals surface area contributed by atoms with Gasteiger partial charge >= 0.3 is 0 Å². The Hall–Kier alpha value is -0.520. The molecule has 0 bridgehead atoms. The van der Waals surface area contributed by atoms with Gasteiger partial charge in [0.15, 0.2) is 0 Å². The Morgan fingerprint density at radius 1 is 1.00 bits per heavy atom. The third kappa shape index (κ3) is 2.04. The van der Waals surface area contributed by atoms with Crippen LogP contribution in [0.5, 0.6) is 0 Å². The Labute approximate surface area is 81.7 Å². The lowest BCUT2D eigenvalue weighted by atomic mass is 9.73. The van der Waals surface area contributed by atoms with Crippen molar-refractivity contribution in [3.05, 3.63) is 24.3 Å². The Balaban J connectivity index is 2.14. The van der Waals surface area contributed by atoms with Crippen LogP contribution >= 0.6 is 0 Å². The van der Waals surface area contributed by atoms with E-state index >= 15 is 0 Å². The van der Waals surface area contributed by atoms with Gasteiger partial charge < -0.3 is 0 Å². The molecule has 72 valence electrons. The van der Waals surface area contributed by atoms with Gasteiger partial charge in [-0.3, -0.25) is 0 Å². The van der Waals surface area contributed by atoms with E-state index in [2.05, 4.69) is 31.2 Å². The maximum atomic E-state index is 2.47. The van der Waals surface area contributed by atoms with Gasteiger partial charge in [0.05, 0.1) is 0 Å². The molecule has 3 atom stereocenters. The van der Waals surface area contributed by atoms with Crippen LogP contribution in [0.2, 0.25) is 0 Å². The molecule has 0 nitrogen and oxygen atoms in total. The molecule has 0 spiro atoms. The van der Waals surface area contributed by atoms with Gasteiger partial charge in [-0.05, 0) is 49.9 Å². The number of rotatable bonds is 0. The van der Waals surface area contributed by atoms with E-state index < -0.39 is 0 Å². The fraction of sp³-hybridized carbons (Fsp3) is 0.692. The molecule has 0 radical (unpaired) electrons. The molecule has 0 N–H and O–H groups in total. The highest BCUT2D eigenvalue weighted by Gasteiger charge is 2.25. The molecule has 2 aliphatic rings. The number of fused-ring (bicyclic) bond motifs is 1. The molecule has 0 amide bonds. The number of hydrogen-bond acceptors (Lipinski definition) is 0. The van der Waals surface area contributed by atoms with E-state index in [4.69, 9.17) is 0 Å². The minimum atomic E-state index is 0.766. The fourth-order valence-corrected chi connectivity index (χ4v) is 2.79. The topological polar surface area (TPSA) is 0 Å². The lowest BCUT2D eigenvalue weighted by molar-refractivity contribution is 0.276. The first-order chi connectivity index (χ1) is 6.38. The molecule has 13 heavy (non-hydrogen) atoms. The zero-order valence-electron chi connectivity index (χ0n) is 8.58. The van der Waals surface area contributed by atoms with E-state index in [9.17, 15) is 0 Å². The van der Waals surface area contributed by atoms with Crippen LogP contribution in [0.15, 0.2) is 24.3 Å². The van der Waals surface area contributed by atoms with Crippen molar-refractivity contribution < 1.29 is 0 Å². The summed E-state index contributed by atoms with van der Waals surface area (Å²) in [7, 11) is 0. The summed E-state index contributed by atoms with van der Waals surface area (Å²) < 4.78 is 0. The van der Waals surface area contributed by atoms with Crippen LogP contribution in [-0.4, -0.2) is 0 Å². The van der Waals surface area contributed by atoms with Crippen LogP contribution in [0.25, 0.3) is 0 Å². The SMILES string of the molecule is CC1C=CCCCC2CCC=CC12. The highest BCUT2D eigenvalue weighted by molar-refractivity contribution is 5.04. The summed E-state index contributed by atoms with van der Waals surface area (Å²) in [6, 6.07) is 0. The van der Waals surface area contributed by atoms with Crippen molar-refractivity contribution in [2.24, 2.45) is 17.8 Å². The van der Waals surface area contributed by atoms with Crippen LogP contribution in [0.3, 0.4) is 0 Å². The Morgan fingerprint density at radius 2 is 1.85 bits per heavy atom. The third-order valence-corrected chi connectivity index (χ3v) is 3.60. The number of hydrogen-bond donors (Lipinski definition) is 0. The van der Waals surface area contributed by atoms with Gasteiger partial charge in [0.2, 0.25) is 0 Å². The minimum Gasteiger partial charge on any atom is -0.0882 e. The maximum absolute atomic E-state index is 2.47. The lowest BCUT2D eigenvalue weighted by Gasteiger charge is -2.32. The van der Waals surface area contributed by atoms with E-state index in [1.807, 2.05) is 0 Å². The zero-order valence-corrected chi connectivity index (χ0v) is 8.58. The first-order valence-electron chi connectivity index (χ1n) is 5.71. The Bertz CT molecular complexity index is 212. The molecular weight excluding hydrogens is 156 g/mol. The maximum Gasteiger partial charge on any atom is -0.0145 e. The molecule has 0 aromatic heterocycles. The molecule has 0 aromatic carbocycles.